The molecule has 2 nitrogen and oxygen atoms in total. The topological polar surface area (TPSA) is 37.3 Å². The number of hydrogen-bond donors (Lipinski definition) is 2. The second kappa shape index (κ2) is 4.51. The third-order valence-electron chi connectivity index (χ3n) is 2.34. The van der Waals surface area contributed by atoms with Crippen LogP contribution in [0.15, 0.2) is 23.1 Å². The van der Waals surface area contributed by atoms with Gasteiger partial charge in [0, 0.05) is 4.90 Å². The van der Waals surface area contributed by atoms with Gasteiger partial charge in [0.15, 0.2) is 0 Å². The normalized spacial score (nSPS) is 12.5. The summed E-state index contributed by atoms with van der Waals surface area (Å²) in [5.41, 5.74) is 1.94. The van der Waals surface area contributed by atoms with E-state index in [9.17, 15) is 4.79 Å². The molecule has 1 aromatic rings. The van der Waals surface area contributed by atoms with Crippen molar-refractivity contribution in [3.63, 3.8) is 0 Å². The van der Waals surface area contributed by atoms with Crippen molar-refractivity contribution in [1.82, 2.24) is 0 Å². The summed E-state index contributed by atoms with van der Waals surface area (Å²) in [6, 6.07) is 5.75. The van der Waals surface area contributed by atoms with E-state index < -0.39 is 11.9 Å². The number of thiol groups is 1. The molecule has 1 atom stereocenters. The van der Waals surface area contributed by atoms with Gasteiger partial charge in [-0.3, -0.25) is 4.79 Å². The number of carbonyl (C=O) groups is 1. The molecule has 0 bridgehead atoms. The van der Waals surface area contributed by atoms with Crippen molar-refractivity contribution in [3.05, 3.63) is 29.3 Å². The van der Waals surface area contributed by atoms with Gasteiger partial charge in [-0.05, 0) is 30.5 Å². The van der Waals surface area contributed by atoms with Crippen LogP contribution in [-0.4, -0.2) is 11.1 Å². The fraction of sp³-hybridized carbons (Fsp3) is 0.364. The number of aliphatic carboxylic acids is 1. The van der Waals surface area contributed by atoms with E-state index in [0.29, 0.717) is 0 Å². The van der Waals surface area contributed by atoms with Crippen LogP contribution in [0, 0.1) is 0 Å². The molecule has 1 unspecified atom stereocenters. The molecule has 3 heteroatoms. The van der Waals surface area contributed by atoms with Crippen LogP contribution in [0.1, 0.15) is 30.9 Å². The molecule has 0 amide bonds. The first-order valence-corrected chi connectivity index (χ1v) is 5.05. The van der Waals surface area contributed by atoms with Gasteiger partial charge in [-0.1, -0.05) is 19.1 Å². The van der Waals surface area contributed by atoms with Crippen LogP contribution in [0.5, 0.6) is 0 Å². The Labute approximate surface area is 89.4 Å². The van der Waals surface area contributed by atoms with E-state index in [1.165, 1.54) is 0 Å². The molecule has 0 aromatic heterocycles. The Morgan fingerprint density at radius 3 is 2.71 bits per heavy atom. The Morgan fingerprint density at radius 1 is 1.57 bits per heavy atom. The number of carboxylic acid groups (broad SMARTS) is 1. The Bertz CT molecular complexity index is 347. The predicted molar refractivity (Wildman–Crippen MR) is 59.1 cm³/mol. The minimum Gasteiger partial charge on any atom is -0.481 e. The molecule has 1 N–H and O–H groups in total. The molecule has 0 saturated carbocycles. The van der Waals surface area contributed by atoms with Crippen LogP contribution in [0.3, 0.4) is 0 Å². The Kier molecular flexibility index (Phi) is 3.58. The summed E-state index contributed by atoms with van der Waals surface area (Å²) in [7, 11) is 0. The lowest BCUT2D eigenvalue weighted by Gasteiger charge is -2.11. The number of aryl methyl sites for hydroxylation is 1. The standard InChI is InChI=1S/C11H14O2S/c1-3-8-4-5-10(14)9(6-8)7(2)11(12)13/h4-7,14H,3H2,1-2H3,(H,12,13). The van der Waals surface area contributed by atoms with Crippen molar-refractivity contribution in [2.24, 2.45) is 0 Å². The van der Waals surface area contributed by atoms with Crippen molar-refractivity contribution >= 4 is 18.6 Å². The second-order valence-electron chi connectivity index (χ2n) is 3.31. The fourth-order valence-corrected chi connectivity index (χ4v) is 1.64. The minimum absolute atomic E-state index is 0.492. The predicted octanol–water partition coefficient (Wildman–Crippen LogP) is 2.73. The highest BCUT2D eigenvalue weighted by Gasteiger charge is 2.16. The average molecular weight is 210 g/mol. The fourth-order valence-electron chi connectivity index (χ4n) is 1.30. The van der Waals surface area contributed by atoms with Crippen LogP contribution >= 0.6 is 12.6 Å². The van der Waals surface area contributed by atoms with Crippen molar-refractivity contribution in [2.75, 3.05) is 0 Å². The number of carboxylic acids is 1. The van der Waals surface area contributed by atoms with Gasteiger partial charge in [0.05, 0.1) is 5.92 Å². The summed E-state index contributed by atoms with van der Waals surface area (Å²) in [5, 5.41) is 8.89. The zero-order chi connectivity index (χ0) is 10.7. The van der Waals surface area contributed by atoms with Crippen molar-refractivity contribution in [1.29, 1.82) is 0 Å². The lowest BCUT2D eigenvalue weighted by Crippen LogP contribution is -2.08. The molecule has 0 aliphatic carbocycles. The van der Waals surface area contributed by atoms with E-state index >= 15 is 0 Å². The maximum absolute atomic E-state index is 10.8. The van der Waals surface area contributed by atoms with Gasteiger partial charge in [0.25, 0.3) is 0 Å². The Balaban J connectivity index is 3.11. The first-order chi connectivity index (χ1) is 6.56. The molecule has 76 valence electrons. The molecular weight excluding hydrogens is 196 g/mol. The summed E-state index contributed by atoms with van der Waals surface area (Å²) in [6.45, 7) is 3.72. The lowest BCUT2D eigenvalue weighted by molar-refractivity contribution is -0.138. The second-order valence-corrected chi connectivity index (χ2v) is 3.79. The quantitative estimate of drug-likeness (QED) is 0.753. The highest BCUT2D eigenvalue weighted by Crippen LogP contribution is 2.24. The Hall–Kier alpha value is -0.960. The maximum atomic E-state index is 10.8. The van der Waals surface area contributed by atoms with E-state index in [1.807, 2.05) is 25.1 Å². The van der Waals surface area contributed by atoms with Crippen LogP contribution in [-0.2, 0) is 11.2 Å². The molecule has 0 saturated heterocycles. The number of hydrogen-bond acceptors (Lipinski definition) is 2. The van der Waals surface area contributed by atoms with Crippen LogP contribution < -0.4 is 0 Å². The van der Waals surface area contributed by atoms with Crippen molar-refractivity contribution < 1.29 is 9.90 Å². The third kappa shape index (κ3) is 2.29. The monoisotopic (exact) mass is 210 g/mol. The zero-order valence-corrected chi connectivity index (χ0v) is 9.21. The largest absolute Gasteiger partial charge is 0.481 e. The number of rotatable bonds is 3. The summed E-state index contributed by atoms with van der Waals surface area (Å²) in [4.78, 5) is 11.6. The molecule has 0 aliphatic rings. The molecule has 1 aromatic carbocycles. The molecule has 0 heterocycles. The number of benzene rings is 1. The van der Waals surface area contributed by atoms with Gasteiger partial charge in [-0.25, -0.2) is 0 Å². The molecule has 0 fully saturated rings. The van der Waals surface area contributed by atoms with Crippen molar-refractivity contribution in [3.8, 4) is 0 Å². The van der Waals surface area contributed by atoms with Gasteiger partial charge in [0.2, 0.25) is 0 Å². The van der Waals surface area contributed by atoms with Crippen LogP contribution in [0.2, 0.25) is 0 Å². The smallest absolute Gasteiger partial charge is 0.310 e. The van der Waals surface area contributed by atoms with Gasteiger partial charge >= 0.3 is 5.97 Å². The molecule has 1 rings (SSSR count). The van der Waals surface area contributed by atoms with Crippen LogP contribution in [0.4, 0.5) is 0 Å². The van der Waals surface area contributed by atoms with Gasteiger partial charge in [0.1, 0.15) is 0 Å². The molecular formula is C11H14O2S. The SMILES string of the molecule is CCc1ccc(S)c(C(C)C(=O)O)c1. The van der Waals surface area contributed by atoms with E-state index in [4.69, 9.17) is 5.11 Å². The first-order valence-electron chi connectivity index (χ1n) is 4.60. The van der Waals surface area contributed by atoms with Crippen molar-refractivity contribution in [2.45, 2.75) is 31.1 Å². The zero-order valence-electron chi connectivity index (χ0n) is 8.32. The first kappa shape index (κ1) is 11.1. The van der Waals surface area contributed by atoms with E-state index in [2.05, 4.69) is 12.6 Å². The highest BCUT2D eigenvalue weighted by molar-refractivity contribution is 7.80. The van der Waals surface area contributed by atoms with Gasteiger partial charge in [-0.15, -0.1) is 12.6 Å². The molecule has 0 radical (unpaired) electrons. The summed E-state index contributed by atoms with van der Waals surface area (Å²) in [5.74, 6) is -1.30. The van der Waals surface area contributed by atoms with E-state index in [-0.39, 0.29) is 0 Å². The maximum Gasteiger partial charge on any atom is 0.310 e. The van der Waals surface area contributed by atoms with E-state index in [0.717, 1.165) is 22.4 Å². The molecule has 0 aliphatic heterocycles. The van der Waals surface area contributed by atoms with Crippen LogP contribution in [0.25, 0.3) is 0 Å². The molecule has 0 spiro atoms. The highest BCUT2D eigenvalue weighted by atomic mass is 32.1. The minimum atomic E-state index is -0.812. The summed E-state index contributed by atoms with van der Waals surface area (Å²) < 4.78 is 0. The Morgan fingerprint density at radius 2 is 2.21 bits per heavy atom. The van der Waals surface area contributed by atoms with Gasteiger partial charge < -0.3 is 5.11 Å². The third-order valence-corrected chi connectivity index (χ3v) is 2.74. The summed E-state index contributed by atoms with van der Waals surface area (Å²) in [6.07, 6.45) is 0.910. The summed E-state index contributed by atoms with van der Waals surface area (Å²) >= 11 is 4.25. The average Bonchev–Trinajstić information content (AvgIpc) is 2.17. The lowest BCUT2D eigenvalue weighted by atomic mass is 9.98. The van der Waals surface area contributed by atoms with E-state index in [1.54, 1.807) is 6.92 Å². The molecule has 14 heavy (non-hydrogen) atoms. The van der Waals surface area contributed by atoms with Gasteiger partial charge in [-0.2, -0.15) is 0 Å².